The number of rotatable bonds is 11. The minimum absolute atomic E-state index is 0.0491. The molecule has 0 radical (unpaired) electrons. The summed E-state index contributed by atoms with van der Waals surface area (Å²) in [6.45, 7) is 10.6. The van der Waals surface area contributed by atoms with Crippen LogP contribution in [0.3, 0.4) is 0 Å². The number of Topliss-reactive ketones (excluding diaryl/α,β-unsaturated/α-hetero) is 1. The molecule has 0 bridgehead atoms. The van der Waals surface area contributed by atoms with Crippen molar-refractivity contribution in [1.82, 2.24) is 9.80 Å². The predicted octanol–water partition coefficient (Wildman–Crippen LogP) is 4.43. The monoisotopic (exact) mass is 538 g/mol. The maximum atomic E-state index is 14.1. The number of benzene rings is 1. The third-order valence-corrected chi connectivity index (χ3v) is 8.71. The van der Waals surface area contributed by atoms with Gasteiger partial charge in [0.2, 0.25) is 5.91 Å². The molecular weight excluding hydrogens is 496 g/mol. The van der Waals surface area contributed by atoms with Crippen LogP contribution in [0.15, 0.2) is 43.0 Å². The number of ketones is 1. The van der Waals surface area contributed by atoms with Crippen LogP contribution >= 0.6 is 0 Å². The highest BCUT2D eigenvalue weighted by atomic mass is 16.5. The van der Waals surface area contributed by atoms with Gasteiger partial charge in [-0.1, -0.05) is 57.2 Å². The Morgan fingerprint density at radius 1 is 1.15 bits per heavy atom. The van der Waals surface area contributed by atoms with E-state index in [1.807, 2.05) is 56.0 Å². The van der Waals surface area contributed by atoms with Gasteiger partial charge in [0.1, 0.15) is 12.1 Å². The van der Waals surface area contributed by atoms with Crippen molar-refractivity contribution in [3.63, 3.8) is 0 Å². The van der Waals surface area contributed by atoms with Gasteiger partial charge in [0, 0.05) is 19.5 Å². The van der Waals surface area contributed by atoms with E-state index in [2.05, 4.69) is 6.58 Å². The van der Waals surface area contributed by atoms with E-state index in [9.17, 15) is 24.3 Å². The zero-order valence-corrected chi connectivity index (χ0v) is 23.4. The van der Waals surface area contributed by atoms with Gasteiger partial charge in [-0.3, -0.25) is 24.1 Å². The molecule has 212 valence electrons. The molecule has 1 amide bonds. The van der Waals surface area contributed by atoms with E-state index in [0.717, 1.165) is 31.2 Å². The first kappa shape index (κ1) is 29.0. The molecule has 1 heterocycles. The molecule has 1 aromatic carbocycles. The topological polar surface area (TPSA) is 104 Å². The number of esters is 1. The summed E-state index contributed by atoms with van der Waals surface area (Å²) in [4.78, 5) is 56.4. The van der Waals surface area contributed by atoms with Crippen LogP contribution in [0.2, 0.25) is 0 Å². The molecule has 1 saturated heterocycles. The quantitative estimate of drug-likeness (QED) is 0.328. The lowest BCUT2D eigenvalue weighted by Crippen LogP contribution is -2.48. The molecule has 2 aliphatic carbocycles. The summed E-state index contributed by atoms with van der Waals surface area (Å²) in [5.41, 5.74) is -0.630. The fourth-order valence-corrected chi connectivity index (χ4v) is 6.14. The van der Waals surface area contributed by atoms with Gasteiger partial charge in [-0.05, 0) is 49.0 Å². The SMILES string of the molecule is C=C[C@@H]1C[C@]1(CC(=O)[C@@H]1CN(Cc2ccccc2)CN1C(=O)[C@@H](CC(=O)OC1CCCC1)C(C)(C)C)C(=O)O. The molecule has 0 unspecified atom stereocenters. The Bertz CT molecular complexity index is 1090. The van der Waals surface area contributed by atoms with Gasteiger partial charge >= 0.3 is 11.9 Å². The van der Waals surface area contributed by atoms with Crippen molar-refractivity contribution in [3.8, 4) is 0 Å². The Kier molecular flexibility index (Phi) is 8.64. The van der Waals surface area contributed by atoms with Crippen LogP contribution in [0.5, 0.6) is 0 Å². The number of carboxylic acids is 1. The smallest absolute Gasteiger partial charge is 0.310 e. The summed E-state index contributed by atoms with van der Waals surface area (Å²) >= 11 is 0. The van der Waals surface area contributed by atoms with Gasteiger partial charge in [0.05, 0.1) is 24.4 Å². The first-order valence-electron chi connectivity index (χ1n) is 14.1. The Hall–Kier alpha value is -3.00. The lowest BCUT2D eigenvalue weighted by molar-refractivity contribution is -0.156. The Morgan fingerprint density at radius 2 is 1.82 bits per heavy atom. The van der Waals surface area contributed by atoms with Crippen LogP contribution in [0.25, 0.3) is 0 Å². The van der Waals surface area contributed by atoms with E-state index in [4.69, 9.17) is 4.74 Å². The molecule has 39 heavy (non-hydrogen) atoms. The highest BCUT2D eigenvalue weighted by Gasteiger charge is 2.60. The van der Waals surface area contributed by atoms with Crippen LogP contribution in [0.4, 0.5) is 0 Å². The van der Waals surface area contributed by atoms with Crippen molar-refractivity contribution in [2.45, 2.75) is 84.4 Å². The highest BCUT2D eigenvalue weighted by Crippen LogP contribution is 2.56. The number of carbonyl (C=O) groups excluding carboxylic acids is 3. The second-order valence-electron chi connectivity index (χ2n) is 12.6. The average molecular weight is 539 g/mol. The fraction of sp³-hybridized carbons (Fsp3) is 0.613. The summed E-state index contributed by atoms with van der Waals surface area (Å²) in [6.07, 6.45) is 5.50. The van der Waals surface area contributed by atoms with Gasteiger partial charge in [0.25, 0.3) is 0 Å². The van der Waals surface area contributed by atoms with Gasteiger partial charge < -0.3 is 14.7 Å². The predicted molar refractivity (Wildman–Crippen MR) is 146 cm³/mol. The third-order valence-electron chi connectivity index (χ3n) is 8.71. The number of allylic oxidation sites excluding steroid dienone is 1. The van der Waals surface area contributed by atoms with Gasteiger partial charge in [-0.25, -0.2) is 0 Å². The summed E-state index contributed by atoms with van der Waals surface area (Å²) in [5, 5.41) is 9.89. The van der Waals surface area contributed by atoms with Gasteiger partial charge in [-0.15, -0.1) is 6.58 Å². The molecular formula is C31H42N2O6. The molecule has 2 saturated carbocycles. The summed E-state index contributed by atoms with van der Waals surface area (Å²) in [5.74, 6) is -2.83. The molecule has 1 aliphatic heterocycles. The highest BCUT2D eigenvalue weighted by molar-refractivity contribution is 5.95. The minimum Gasteiger partial charge on any atom is -0.481 e. The summed E-state index contributed by atoms with van der Waals surface area (Å²) in [7, 11) is 0. The molecule has 1 N–H and O–H groups in total. The van der Waals surface area contributed by atoms with Crippen molar-refractivity contribution in [3.05, 3.63) is 48.6 Å². The molecule has 4 rings (SSSR count). The van der Waals surface area contributed by atoms with Crippen LogP contribution in [-0.2, 0) is 30.5 Å². The molecule has 4 atom stereocenters. The second kappa shape index (κ2) is 11.6. The number of carbonyl (C=O) groups is 4. The normalized spacial score (nSPS) is 26.3. The van der Waals surface area contributed by atoms with Crippen LogP contribution in [0.1, 0.15) is 71.3 Å². The molecule has 8 heteroatoms. The van der Waals surface area contributed by atoms with Crippen LogP contribution in [0, 0.1) is 22.7 Å². The zero-order valence-electron chi connectivity index (χ0n) is 23.4. The standard InChI is InChI=1S/C31H42N2O6/c1-5-22-16-31(22,29(37)38)17-26(34)25-19-32(18-21-11-7-6-8-12-21)20-33(25)28(36)24(30(2,3)4)15-27(35)39-23-13-9-10-14-23/h5-8,11-12,22-25H,1,9-10,13-20H2,2-4H3,(H,37,38)/t22-,24-,25+,31-/m1/s1. The van der Waals surface area contributed by atoms with Crippen molar-refractivity contribution >= 4 is 23.6 Å². The number of ether oxygens (including phenoxy) is 1. The van der Waals surface area contributed by atoms with E-state index in [1.165, 1.54) is 0 Å². The molecule has 8 nitrogen and oxygen atoms in total. The number of hydrogen-bond donors (Lipinski definition) is 1. The first-order chi connectivity index (χ1) is 18.4. The van der Waals surface area contributed by atoms with E-state index in [0.29, 0.717) is 19.5 Å². The molecule has 0 spiro atoms. The van der Waals surface area contributed by atoms with E-state index < -0.39 is 28.8 Å². The van der Waals surface area contributed by atoms with Crippen molar-refractivity contribution in [2.24, 2.45) is 22.7 Å². The molecule has 0 aromatic heterocycles. The number of aliphatic carboxylic acids is 1. The van der Waals surface area contributed by atoms with Crippen LogP contribution in [-0.4, -0.2) is 63.9 Å². The second-order valence-corrected chi connectivity index (χ2v) is 12.6. The zero-order chi connectivity index (χ0) is 28.4. The summed E-state index contributed by atoms with van der Waals surface area (Å²) < 4.78 is 5.69. The van der Waals surface area contributed by atoms with Gasteiger partial charge in [-0.2, -0.15) is 0 Å². The van der Waals surface area contributed by atoms with E-state index in [1.54, 1.807) is 11.0 Å². The first-order valence-corrected chi connectivity index (χ1v) is 14.1. The van der Waals surface area contributed by atoms with Crippen LogP contribution < -0.4 is 0 Å². The lowest BCUT2D eigenvalue weighted by atomic mass is 9.77. The van der Waals surface area contributed by atoms with Crippen molar-refractivity contribution < 1.29 is 29.0 Å². The Balaban J connectivity index is 1.55. The number of carboxylic acid groups (broad SMARTS) is 1. The maximum absolute atomic E-state index is 14.1. The third kappa shape index (κ3) is 6.60. The maximum Gasteiger partial charge on any atom is 0.310 e. The van der Waals surface area contributed by atoms with Gasteiger partial charge in [0.15, 0.2) is 5.78 Å². The lowest BCUT2D eigenvalue weighted by Gasteiger charge is -2.34. The summed E-state index contributed by atoms with van der Waals surface area (Å²) in [6, 6.07) is 9.04. The fourth-order valence-electron chi connectivity index (χ4n) is 6.14. The van der Waals surface area contributed by atoms with Crippen molar-refractivity contribution in [1.29, 1.82) is 0 Å². The number of nitrogens with zero attached hydrogens (tertiary/aromatic N) is 2. The van der Waals surface area contributed by atoms with E-state index in [-0.39, 0.29) is 49.2 Å². The molecule has 3 fully saturated rings. The number of amides is 1. The minimum atomic E-state index is -1.14. The van der Waals surface area contributed by atoms with E-state index >= 15 is 0 Å². The largest absolute Gasteiger partial charge is 0.481 e. The average Bonchev–Trinajstić information content (AvgIpc) is 3.17. The van der Waals surface area contributed by atoms with Crippen molar-refractivity contribution in [2.75, 3.05) is 13.2 Å². The molecule has 1 aromatic rings. The molecule has 3 aliphatic rings. The Labute approximate surface area is 231 Å². The number of hydrogen-bond acceptors (Lipinski definition) is 6. The Morgan fingerprint density at radius 3 is 2.38 bits per heavy atom.